The number of aryl methyl sites for hydroxylation is 2. The molecule has 0 saturated heterocycles. The predicted molar refractivity (Wildman–Crippen MR) is 135 cm³/mol. The Morgan fingerprint density at radius 2 is 1.42 bits per heavy atom. The van der Waals surface area contributed by atoms with Crippen molar-refractivity contribution >= 4 is 39.1 Å². The summed E-state index contributed by atoms with van der Waals surface area (Å²) >= 11 is 3.38. The molecule has 12 heteroatoms. The van der Waals surface area contributed by atoms with Gasteiger partial charge >= 0.3 is 6.09 Å². The van der Waals surface area contributed by atoms with Crippen LogP contribution in [0.3, 0.4) is 0 Å². The summed E-state index contributed by atoms with van der Waals surface area (Å²) < 4.78 is 19.8. The van der Waals surface area contributed by atoms with Crippen molar-refractivity contribution in [1.29, 1.82) is 0 Å². The largest absolute Gasteiger partial charge is 0.463 e. The first-order valence-corrected chi connectivity index (χ1v) is 11.5. The number of hydrogen-bond acceptors (Lipinski definition) is 8. The average molecular weight is 550 g/mol. The van der Waals surface area contributed by atoms with Crippen LogP contribution in [0.4, 0.5) is 10.6 Å². The molecule has 0 aliphatic rings. The molecule has 0 aromatic carbocycles. The van der Waals surface area contributed by atoms with Crippen molar-refractivity contribution in [3.63, 3.8) is 0 Å². The SMILES string of the molecule is COC(=O)Nc1cn2cc(C)nc2c(-c2ccco2)n1.Cc1cn2cc(Br)nc(-c3ccco3)c2n1. The quantitative estimate of drug-likeness (QED) is 0.305. The van der Waals surface area contributed by atoms with Crippen molar-refractivity contribution in [3.05, 3.63) is 77.6 Å². The minimum atomic E-state index is -0.584. The summed E-state index contributed by atoms with van der Waals surface area (Å²) in [5, 5.41) is 2.53. The van der Waals surface area contributed by atoms with E-state index in [1.807, 2.05) is 49.0 Å². The van der Waals surface area contributed by atoms with Crippen LogP contribution in [0, 0.1) is 13.8 Å². The maximum Gasteiger partial charge on any atom is 0.412 e. The fraction of sp³-hybridized carbons (Fsp3) is 0.125. The normalized spacial score (nSPS) is 10.9. The van der Waals surface area contributed by atoms with Crippen molar-refractivity contribution in [2.45, 2.75) is 13.8 Å². The van der Waals surface area contributed by atoms with Crippen LogP contribution in [0.25, 0.3) is 34.2 Å². The maximum atomic E-state index is 11.3. The van der Waals surface area contributed by atoms with Crippen LogP contribution in [-0.2, 0) is 4.74 Å². The number of furan rings is 2. The van der Waals surface area contributed by atoms with Crippen LogP contribution in [0.2, 0.25) is 0 Å². The zero-order valence-electron chi connectivity index (χ0n) is 19.5. The molecule has 1 amide bonds. The predicted octanol–water partition coefficient (Wildman–Crippen LogP) is 5.54. The number of amides is 1. The van der Waals surface area contributed by atoms with Crippen molar-refractivity contribution < 1.29 is 18.4 Å². The first kappa shape index (κ1) is 23.3. The molecule has 0 unspecified atom stereocenters. The summed E-state index contributed by atoms with van der Waals surface area (Å²) in [5.41, 5.74) is 4.55. The van der Waals surface area contributed by atoms with Gasteiger partial charge in [0, 0.05) is 18.6 Å². The Kier molecular flexibility index (Phi) is 6.25. The van der Waals surface area contributed by atoms with Crippen molar-refractivity contribution in [1.82, 2.24) is 28.7 Å². The molecule has 1 N–H and O–H groups in total. The number of imidazole rings is 2. The van der Waals surface area contributed by atoms with Crippen LogP contribution in [0.1, 0.15) is 11.4 Å². The Hall–Kier alpha value is -4.45. The molecule has 0 spiro atoms. The summed E-state index contributed by atoms with van der Waals surface area (Å²) in [6.45, 7) is 3.83. The lowest BCUT2D eigenvalue weighted by molar-refractivity contribution is 0.187. The van der Waals surface area contributed by atoms with Gasteiger partial charge in [0.15, 0.2) is 40.0 Å². The highest BCUT2D eigenvalue weighted by Crippen LogP contribution is 2.26. The van der Waals surface area contributed by atoms with Crippen LogP contribution in [-0.4, -0.2) is 41.9 Å². The molecule has 6 aromatic rings. The second-order valence-corrected chi connectivity index (χ2v) is 8.50. The molecule has 6 heterocycles. The number of ether oxygens (including phenoxy) is 1. The van der Waals surface area contributed by atoms with E-state index in [9.17, 15) is 4.79 Å². The van der Waals surface area contributed by atoms with Gasteiger partial charge in [-0.15, -0.1) is 0 Å². The molecule has 182 valence electrons. The fourth-order valence-corrected chi connectivity index (χ4v) is 3.98. The van der Waals surface area contributed by atoms with Crippen LogP contribution >= 0.6 is 15.9 Å². The molecule has 6 rings (SSSR count). The van der Waals surface area contributed by atoms with Crippen LogP contribution < -0.4 is 5.32 Å². The zero-order chi connectivity index (χ0) is 25.2. The van der Waals surface area contributed by atoms with Gasteiger partial charge in [0.05, 0.1) is 37.2 Å². The molecule has 0 bridgehead atoms. The number of nitrogens with one attached hydrogen (secondary N) is 1. The summed E-state index contributed by atoms with van der Waals surface area (Å²) in [6.07, 6.45) is 9.94. The van der Waals surface area contributed by atoms with E-state index in [-0.39, 0.29) is 0 Å². The van der Waals surface area contributed by atoms with Crippen molar-refractivity contribution in [2.75, 3.05) is 12.4 Å². The van der Waals surface area contributed by atoms with E-state index in [1.165, 1.54) is 7.11 Å². The highest BCUT2D eigenvalue weighted by atomic mass is 79.9. The molecule has 0 radical (unpaired) electrons. The van der Waals surface area contributed by atoms with E-state index >= 15 is 0 Å². The number of fused-ring (bicyclic) bond motifs is 2. The molecule has 0 saturated carbocycles. The standard InChI is InChI=1S/C13H12N4O3.C11H8BrN3O/c1-8-6-17-7-10(16-13(18)19-2)15-11(12(17)14-8)9-4-3-5-20-9;1-7-5-15-6-9(12)14-10(11(15)13-7)8-3-2-4-16-8/h3-7H,1-2H3,(H,16,18);2-6H,1H3. The van der Waals surface area contributed by atoms with E-state index in [0.29, 0.717) is 22.9 Å². The second kappa shape index (κ2) is 9.66. The summed E-state index contributed by atoms with van der Waals surface area (Å²) in [6, 6.07) is 7.26. The number of hydrogen-bond donors (Lipinski definition) is 1. The third-order valence-electron chi connectivity index (χ3n) is 5.01. The number of rotatable bonds is 3. The minimum Gasteiger partial charge on any atom is -0.463 e. The number of nitrogens with zero attached hydrogens (tertiary/aromatic N) is 6. The van der Waals surface area contributed by atoms with Crippen LogP contribution in [0.5, 0.6) is 0 Å². The average Bonchev–Trinajstić information content (AvgIpc) is 3.64. The van der Waals surface area contributed by atoms with Gasteiger partial charge in [0.1, 0.15) is 4.60 Å². The Labute approximate surface area is 212 Å². The van der Waals surface area contributed by atoms with Gasteiger partial charge in [-0.1, -0.05) is 0 Å². The van der Waals surface area contributed by atoms with Gasteiger partial charge in [-0.2, -0.15) is 0 Å². The number of carbonyl (C=O) groups excluding carboxylic acids is 1. The van der Waals surface area contributed by atoms with Crippen molar-refractivity contribution in [2.24, 2.45) is 0 Å². The Morgan fingerprint density at radius 3 is 1.94 bits per heavy atom. The molecular weight excluding hydrogens is 530 g/mol. The fourth-order valence-electron chi connectivity index (χ4n) is 3.58. The third kappa shape index (κ3) is 4.70. The van der Waals surface area contributed by atoms with Gasteiger partial charge in [-0.05, 0) is 54.0 Å². The van der Waals surface area contributed by atoms with Gasteiger partial charge in [0.2, 0.25) is 0 Å². The highest BCUT2D eigenvalue weighted by molar-refractivity contribution is 9.10. The van der Waals surface area contributed by atoms with E-state index in [1.54, 1.807) is 35.3 Å². The van der Waals surface area contributed by atoms with Gasteiger partial charge < -0.3 is 22.4 Å². The maximum absolute atomic E-state index is 11.3. The van der Waals surface area contributed by atoms with Gasteiger partial charge in [-0.3, -0.25) is 5.32 Å². The molecule has 11 nitrogen and oxygen atoms in total. The second-order valence-electron chi connectivity index (χ2n) is 7.68. The molecular formula is C24H20BrN7O4. The minimum absolute atomic E-state index is 0.355. The zero-order valence-corrected chi connectivity index (χ0v) is 21.1. The topological polar surface area (TPSA) is 125 Å². The summed E-state index contributed by atoms with van der Waals surface area (Å²) in [5.74, 6) is 1.65. The van der Waals surface area contributed by atoms with E-state index < -0.39 is 6.09 Å². The number of carbonyl (C=O) groups is 1. The number of halogens is 1. The molecule has 0 aliphatic carbocycles. The summed E-state index contributed by atoms with van der Waals surface area (Å²) in [4.78, 5) is 28.9. The Balaban J connectivity index is 0.000000152. The lowest BCUT2D eigenvalue weighted by atomic mass is 10.3. The monoisotopic (exact) mass is 549 g/mol. The van der Waals surface area contributed by atoms with E-state index in [4.69, 9.17) is 8.83 Å². The van der Waals surface area contributed by atoms with Gasteiger partial charge in [0.25, 0.3) is 0 Å². The van der Waals surface area contributed by atoms with Crippen LogP contribution in [0.15, 0.2) is 75.0 Å². The Bertz CT molecular complexity index is 1650. The lowest BCUT2D eigenvalue weighted by Crippen LogP contribution is -2.13. The smallest absolute Gasteiger partial charge is 0.412 e. The number of anilines is 1. The first-order valence-electron chi connectivity index (χ1n) is 10.7. The number of methoxy groups -OCH3 is 1. The number of aromatic nitrogens is 6. The third-order valence-corrected chi connectivity index (χ3v) is 5.39. The lowest BCUT2D eigenvalue weighted by Gasteiger charge is -2.06. The molecule has 0 fully saturated rings. The molecule has 0 atom stereocenters. The van der Waals surface area contributed by atoms with Gasteiger partial charge in [-0.25, -0.2) is 24.7 Å². The highest BCUT2D eigenvalue weighted by Gasteiger charge is 2.15. The summed E-state index contributed by atoms with van der Waals surface area (Å²) in [7, 11) is 1.29. The first-order chi connectivity index (χ1) is 17.4. The molecule has 36 heavy (non-hydrogen) atoms. The molecule has 6 aromatic heterocycles. The van der Waals surface area contributed by atoms with E-state index in [2.05, 4.69) is 45.9 Å². The molecule has 0 aliphatic heterocycles. The van der Waals surface area contributed by atoms with E-state index in [0.717, 1.165) is 33.1 Å². The Morgan fingerprint density at radius 1 is 0.861 bits per heavy atom. The van der Waals surface area contributed by atoms with Crippen molar-refractivity contribution in [3.8, 4) is 22.9 Å².